The van der Waals surface area contributed by atoms with Gasteiger partial charge in [-0.3, -0.25) is 0 Å². The first-order valence-electron chi connectivity index (χ1n) is 8.91. The first-order valence-corrected chi connectivity index (χ1v) is 8.91. The van der Waals surface area contributed by atoms with Crippen molar-refractivity contribution in [1.29, 1.82) is 0 Å². The van der Waals surface area contributed by atoms with Crippen LogP contribution in [0.1, 0.15) is 43.2 Å². The van der Waals surface area contributed by atoms with Gasteiger partial charge < -0.3 is 9.64 Å². The smallest absolute Gasteiger partial charge is 0.151 e. The first-order chi connectivity index (χ1) is 11.4. The zero-order chi connectivity index (χ0) is 15.3. The van der Waals surface area contributed by atoms with Crippen LogP contribution in [-0.2, 0) is 16.7 Å². The Morgan fingerprint density at radius 2 is 1.65 bits per heavy atom. The molecule has 2 aromatic rings. The number of rotatable bonds is 2. The third-order valence-electron chi connectivity index (χ3n) is 6.32. The average Bonchev–Trinajstić information content (AvgIpc) is 3.11. The van der Waals surface area contributed by atoms with E-state index in [9.17, 15) is 0 Å². The van der Waals surface area contributed by atoms with Crippen LogP contribution < -0.4 is 4.90 Å². The van der Waals surface area contributed by atoms with Crippen molar-refractivity contribution in [1.82, 2.24) is 0 Å². The molecule has 23 heavy (non-hydrogen) atoms. The number of nitrogens with zero attached hydrogens (tertiary/aromatic N) is 1. The number of ether oxygens (including phenoxy) is 1. The molecule has 1 aliphatic carbocycles. The van der Waals surface area contributed by atoms with E-state index in [-0.39, 0.29) is 11.1 Å². The maximum atomic E-state index is 6.55. The lowest BCUT2D eigenvalue weighted by molar-refractivity contribution is -0.0532. The van der Waals surface area contributed by atoms with Gasteiger partial charge in [-0.05, 0) is 42.9 Å². The first kappa shape index (κ1) is 13.6. The van der Waals surface area contributed by atoms with Gasteiger partial charge in [-0.2, -0.15) is 0 Å². The van der Waals surface area contributed by atoms with E-state index in [1.807, 2.05) is 0 Å². The van der Waals surface area contributed by atoms with E-state index >= 15 is 0 Å². The van der Waals surface area contributed by atoms with Gasteiger partial charge in [0.2, 0.25) is 0 Å². The lowest BCUT2D eigenvalue weighted by Gasteiger charge is -2.48. The van der Waals surface area contributed by atoms with E-state index in [1.54, 1.807) is 0 Å². The Morgan fingerprint density at radius 3 is 2.57 bits per heavy atom. The van der Waals surface area contributed by atoms with Crippen LogP contribution in [0.25, 0.3) is 0 Å². The van der Waals surface area contributed by atoms with Gasteiger partial charge in [0.1, 0.15) is 0 Å². The number of anilines is 1. The second kappa shape index (κ2) is 4.85. The molecule has 0 bridgehead atoms. The number of hydrogen-bond donors (Lipinski definition) is 0. The van der Waals surface area contributed by atoms with E-state index in [1.165, 1.54) is 42.5 Å². The van der Waals surface area contributed by atoms with Gasteiger partial charge in [0.25, 0.3) is 0 Å². The largest absolute Gasteiger partial charge is 0.355 e. The predicted octanol–water partition coefficient (Wildman–Crippen LogP) is 4.64. The maximum Gasteiger partial charge on any atom is 0.151 e. The molecule has 2 aliphatic heterocycles. The highest BCUT2D eigenvalue weighted by molar-refractivity contribution is 5.67. The fraction of sp³-hybridized carbons (Fsp3) is 0.429. The number of benzene rings is 2. The zero-order valence-electron chi connectivity index (χ0n) is 13.5. The van der Waals surface area contributed by atoms with Crippen molar-refractivity contribution in [3.63, 3.8) is 0 Å². The van der Waals surface area contributed by atoms with Crippen LogP contribution in [0.4, 0.5) is 5.69 Å². The lowest BCUT2D eigenvalue weighted by Crippen LogP contribution is -2.57. The molecule has 2 aromatic carbocycles. The highest BCUT2D eigenvalue weighted by Crippen LogP contribution is 2.63. The van der Waals surface area contributed by atoms with Gasteiger partial charge in [-0.25, -0.2) is 0 Å². The molecule has 0 radical (unpaired) electrons. The quantitative estimate of drug-likeness (QED) is 0.801. The van der Waals surface area contributed by atoms with Crippen molar-refractivity contribution in [3.05, 3.63) is 65.7 Å². The summed E-state index contributed by atoms with van der Waals surface area (Å²) in [4.78, 5) is 2.59. The summed E-state index contributed by atoms with van der Waals surface area (Å²) in [6, 6.07) is 19.9. The summed E-state index contributed by atoms with van der Waals surface area (Å²) >= 11 is 0. The van der Waals surface area contributed by atoms with Crippen LogP contribution in [-0.4, -0.2) is 12.3 Å². The molecule has 2 heteroatoms. The Bertz CT molecular complexity index is 728. The molecule has 0 spiro atoms. The number of hydrogen-bond acceptors (Lipinski definition) is 2. The summed E-state index contributed by atoms with van der Waals surface area (Å²) in [6.45, 7) is 1.85. The Hall–Kier alpha value is -1.80. The fourth-order valence-electron chi connectivity index (χ4n) is 5.39. The van der Waals surface area contributed by atoms with Gasteiger partial charge >= 0.3 is 0 Å². The van der Waals surface area contributed by atoms with Crippen LogP contribution in [0.15, 0.2) is 54.6 Å². The molecule has 1 saturated carbocycles. The molecule has 2 heterocycles. The molecule has 0 N–H and O–H groups in total. The van der Waals surface area contributed by atoms with E-state index in [0.717, 1.165) is 19.6 Å². The summed E-state index contributed by atoms with van der Waals surface area (Å²) in [7, 11) is 0. The lowest BCUT2D eigenvalue weighted by atomic mass is 9.65. The highest BCUT2D eigenvalue weighted by atomic mass is 16.5. The highest BCUT2D eigenvalue weighted by Gasteiger charge is 2.66. The van der Waals surface area contributed by atoms with Crippen molar-refractivity contribution >= 4 is 5.69 Å². The predicted molar refractivity (Wildman–Crippen MR) is 92.5 cm³/mol. The molecule has 2 nitrogen and oxygen atoms in total. The Labute approximate surface area is 138 Å². The maximum absolute atomic E-state index is 6.55. The summed E-state index contributed by atoms with van der Waals surface area (Å²) in [5.74, 6) is 0. The average molecular weight is 305 g/mol. The molecule has 118 valence electrons. The third kappa shape index (κ3) is 1.68. The van der Waals surface area contributed by atoms with Crippen molar-refractivity contribution in [2.24, 2.45) is 0 Å². The van der Waals surface area contributed by atoms with Crippen LogP contribution in [0.3, 0.4) is 0 Å². The standard InChI is InChI=1S/C21H23NO/c1-2-8-17(9-3-1)16-22-19-11-5-4-10-18(19)20-12-6-7-13-21(20,22)23-15-14-20/h1-5,8-11H,6-7,12-16H2/t20-,21-/m1/s1. The molecular formula is C21H23NO. The third-order valence-corrected chi connectivity index (χ3v) is 6.32. The molecule has 0 aromatic heterocycles. The van der Waals surface area contributed by atoms with Gasteiger partial charge in [0.15, 0.2) is 5.72 Å². The zero-order valence-corrected chi connectivity index (χ0v) is 13.5. The minimum atomic E-state index is -0.106. The summed E-state index contributed by atoms with van der Waals surface area (Å²) in [5, 5.41) is 0. The normalized spacial score (nSPS) is 31.6. The Morgan fingerprint density at radius 1 is 0.870 bits per heavy atom. The Kier molecular flexibility index (Phi) is 2.87. The topological polar surface area (TPSA) is 12.5 Å². The van der Waals surface area contributed by atoms with Gasteiger partial charge in [-0.1, -0.05) is 55.0 Å². The number of para-hydroxylation sites is 1. The molecule has 3 aliphatic rings. The van der Waals surface area contributed by atoms with Crippen molar-refractivity contribution in [3.8, 4) is 0 Å². The van der Waals surface area contributed by atoms with Crippen LogP contribution >= 0.6 is 0 Å². The van der Waals surface area contributed by atoms with Crippen LogP contribution in [0, 0.1) is 0 Å². The molecule has 2 atom stereocenters. The summed E-state index contributed by atoms with van der Waals surface area (Å²) in [5.41, 5.74) is 4.42. The molecule has 2 fully saturated rings. The minimum Gasteiger partial charge on any atom is -0.355 e. The molecule has 0 unspecified atom stereocenters. The van der Waals surface area contributed by atoms with Crippen molar-refractivity contribution in [2.75, 3.05) is 11.5 Å². The fourth-order valence-corrected chi connectivity index (χ4v) is 5.39. The SMILES string of the molecule is c1ccc(CN2c3ccccc3[C@]34CCCC[C@]23OCC4)cc1. The van der Waals surface area contributed by atoms with Gasteiger partial charge in [-0.15, -0.1) is 0 Å². The molecule has 0 amide bonds. The van der Waals surface area contributed by atoms with E-state index in [2.05, 4.69) is 59.5 Å². The number of fused-ring (bicyclic) bond motifs is 1. The minimum absolute atomic E-state index is 0.106. The van der Waals surface area contributed by atoms with Crippen molar-refractivity contribution < 1.29 is 4.74 Å². The summed E-state index contributed by atoms with van der Waals surface area (Å²) in [6.07, 6.45) is 6.22. The Balaban J connectivity index is 1.67. The summed E-state index contributed by atoms with van der Waals surface area (Å²) < 4.78 is 6.55. The monoisotopic (exact) mass is 305 g/mol. The van der Waals surface area contributed by atoms with Crippen LogP contribution in [0.5, 0.6) is 0 Å². The van der Waals surface area contributed by atoms with Gasteiger partial charge in [0.05, 0.1) is 6.61 Å². The molecular weight excluding hydrogens is 282 g/mol. The van der Waals surface area contributed by atoms with Crippen molar-refractivity contribution in [2.45, 2.75) is 49.8 Å². The second-order valence-corrected chi connectivity index (χ2v) is 7.26. The molecule has 1 saturated heterocycles. The second-order valence-electron chi connectivity index (χ2n) is 7.26. The molecule has 5 rings (SSSR count). The van der Waals surface area contributed by atoms with Gasteiger partial charge in [0, 0.05) is 17.6 Å². The van der Waals surface area contributed by atoms with E-state index in [4.69, 9.17) is 4.74 Å². The van der Waals surface area contributed by atoms with E-state index in [0.29, 0.717) is 0 Å². The van der Waals surface area contributed by atoms with E-state index < -0.39 is 0 Å². The van der Waals surface area contributed by atoms with Crippen LogP contribution in [0.2, 0.25) is 0 Å².